The molecule has 0 aliphatic heterocycles. The van der Waals surface area contributed by atoms with Crippen molar-refractivity contribution in [1.82, 2.24) is 30.1 Å². The number of aromatic nitrogens is 5. The molecule has 0 amide bonds. The Morgan fingerprint density at radius 1 is 1.02 bits per heavy atom. The maximum atomic E-state index is 13.8. The van der Waals surface area contributed by atoms with Gasteiger partial charge in [0.25, 0.3) is 5.56 Å². The molecule has 0 bridgehead atoms. The van der Waals surface area contributed by atoms with E-state index in [0.29, 0.717) is 30.2 Å². The van der Waals surface area contributed by atoms with E-state index in [0.717, 1.165) is 34.4 Å². The second kappa shape index (κ2) is 11.4. The number of H-pyrrole nitrogens is 1. The SMILES string of the molecule is CCC(C)(C)n1nnnc1C(c1cc2cc(OC)ccc2[nH]c1=O)N(Cc1ccc(OC)cc1)Cc1ccco1. The molecule has 0 aliphatic carbocycles. The summed E-state index contributed by atoms with van der Waals surface area (Å²) in [6.07, 6.45) is 2.44. The van der Waals surface area contributed by atoms with Crippen LogP contribution in [0.1, 0.15) is 55.9 Å². The van der Waals surface area contributed by atoms with Crippen LogP contribution in [-0.2, 0) is 18.6 Å². The zero-order valence-corrected chi connectivity index (χ0v) is 23.4. The third-order valence-electron chi connectivity index (χ3n) is 7.40. The average Bonchev–Trinajstić information content (AvgIpc) is 3.67. The fourth-order valence-electron chi connectivity index (χ4n) is 4.78. The van der Waals surface area contributed by atoms with Crippen molar-refractivity contribution in [1.29, 1.82) is 0 Å². The molecule has 0 aliphatic rings. The van der Waals surface area contributed by atoms with Crippen LogP contribution in [0.4, 0.5) is 0 Å². The van der Waals surface area contributed by atoms with Gasteiger partial charge in [-0.15, -0.1) is 5.10 Å². The third kappa shape index (κ3) is 5.48. The van der Waals surface area contributed by atoms with Crippen molar-refractivity contribution in [3.63, 3.8) is 0 Å². The third-order valence-corrected chi connectivity index (χ3v) is 7.40. The molecule has 10 heteroatoms. The van der Waals surface area contributed by atoms with Crippen LogP contribution < -0.4 is 15.0 Å². The monoisotopic (exact) mass is 542 g/mol. The average molecular weight is 543 g/mol. The second-order valence-electron chi connectivity index (χ2n) is 10.4. The Bertz CT molecular complexity index is 1620. The first-order chi connectivity index (χ1) is 19.3. The van der Waals surface area contributed by atoms with Crippen molar-refractivity contribution in [2.45, 2.75) is 51.9 Å². The molecule has 1 N–H and O–H groups in total. The van der Waals surface area contributed by atoms with E-state index in [1.165, 1.54) is 0 Å². The van der Waals surface area contributed by atoms with Crippen molar-refractivity contribution in [3.05, 3.63) is 100.0 Å². The summed E-state index contributed by atoms with van der Waals surface area (Å²) >= 11 is 0. The predicted molar refractivity (Wildman–Crippen MR) is 151 cm³/mol. The van der Waals surface area contributed by atoms with Gasteiger partial charge < -0.3 is 18.9 Å². The van der Waals surface area contributed by atoms with Crippen LogP contribution in [-0.4, -0.2) is 44.3 Å². The largest absolute Gasteiger partial charge is 0.497 e. The molecular formula is C30H34N6O4. The van der Waals surface area contributed by atoms with Crippen LogP contribution in [0.25, 0.3) is 10.9 Å². The Hall–Kier alpha value is -4.44. The van der Waals surface area contributed by atoms with Crippen LogP contribution in [0, 0.1) is 0 Å². The molecule has 5 aromatic rings. The number of ether oxygens (including phenoxy) is 2. The minimum Gasteiger partial charge on any atom is -0.497 e. The van der Waals surface area contributed by atoms with Gasteiger partial charge in [0, 0.05) is 23.0 Å². The van der Waals surface area contributed by atoms with Crippen LogP contribution in [0.2, 0.25) is 0 Å². The number of pyridine rings is 1. The summed E-state index contributed by atoms with van der Waals surface area (Å²) in [6, 6.07) is 18.5. The highest BCUT2D eigenvalue weighted by Crippen LogP contribution is 2.33. The standard InChI is InChI=1S/C30H34N6O4/c1-6-30(2,3)36-28(32-33-34-36)27(25-17-21-16-23(39-5)13-14-26(21)31-29(25)37)35(19-24-8-7-15-40-24)18-20-9-11-22(38-4)12-10-20/h7-17,27H,6,18-19H2,1-5H3,(H,31,37). The van der Waals surface area contributed by atoms with E-state index in [4.69, 9.17) is 13.9 Å². The lowest BCUT2D eigenvalue weighted by Crippen LogP contribution is -2.38. The maximum absolute atomic E-state index is 13.8. The normalized spacial score (nSPS) is 12.7. The number of furan rings is 1. The van der Waals surface area contributed by atoms with Crippen LogP contribution in [0.15, 0.2) is 76.1 Å². The number of nitrogens with zero attached hydrogens (tertiary/aromatic N) is 5. The molecule has 208 valence electrons. The first-order valence-corrected chi connectivity index (χ1v) is 13.2. The van der Waals surface area contributed by atoms with Crippen molar-refractivity contribution in [2.24, 2.45) is 0 Å². The van der Waals surface area contributed by atoms with E-state index < -0.39 is 6.04 Å². The molecule has 0 radical (unpaired) electrons. The first kappa shape index (κ1) is 27.1. The Labute approximate surface area is 232 Å². The zero-order chi connectivity index (χ0) is 28.3. The molecule has 5 rings (SSSR count). The molecule has 10 nitrogen and oxygen atoms in total. The van der Waals surface area contributed by atoms with Gasteiger partial charge >= 0.3 is 0 Å². The minimum atomic E-state index is -0.604. The van der Waals surface area contributed by atoms with E-state index in [-0.39, 0.29) is 11.1 Å². The van der Waals surface area contributed by atoms with Gasteiger partial charge in [0.05, 0.1) is 32.6 Å². The Balaban J connectivity index is 1.72. The van der Waals surface area contributed by atoms with Crippen LogP contribution in [0.3, 0.4) is 0 Å². The summed E-state index contributed by atoms with van der Waals surface area (Å²) in [5.41, 5.74) is 1.66. The van der Waals surface area contributed by atoms with E-state index >= 15 is 0 Å². The molecule has 1 unspecified atom stereocenters. The Morgan fingerprint density at radius 2 is 1.77 bits per heavy atom. The van der Waals surface area contributed by atoms with Gasteiger partial charge in [-0.25, -0.2) is 4.68 Å². The molecule has 0 saturated carbocycles. The lowest BCUT2D eigenvalue weighted by Gasteiger charge is -2.33. The van der Waals surface area contributed by atoms with Gasteiger partial charge in [0.15, 0.2) is 5.82 Å². The minimum absolute atomic E-state index is 0.217. The molecule has 3 heterocycles. The summed E-state index contributed by atoms with van der Waals surface area (Å²) in [5.74, 6) is 2.79. The van der Waals surface area contributed by atoms with Gasteiger partial charge in [-0.3, -0.25) is 9.69 Å². The summed E-state index contributed by atoms with van der Waals surface area (Å²) in [5, 5.41) is 13.8. The van der Waals surface area contributed by atoms with Crippen molar-refractivity contribution in [2.75, 3.05) is 14.2 Å². The first-order valence-electron chi connectivity index (χ1n) is 13.2. The highest BCUT2D eigenvalue weighted by Gasteiger charge is 2.35. The Morgan fingerprint density at radius 3 is 2.45 bits per heavy atom. The smallest absolute Gasteiger partial charge is 0.253 e. The molecule has 0 spiro atoms. The fourth-order valence-corrected chi connectivity index (χ4v) is 4.78. The van der Waals surface area contributed by atoms with E-state index in [1.807, 2.05) is 65.3 Å². The second-order valence-corrected chi connectivity index (χ2v) is 10.4. The van der Waals surface area contributed by atoms with Gasteiger partial charge in [-0.2, -0.15) is 0 Å². The molecular weight excluding hydrogens is 508 g/mol. The van der Waals surface area contributed by atoms with Crippen LogP contribution in [0.5, 0.6) is 11.5 Å². The van der Waals surface area contributed by atoms with Crippen molar-refractivity contribution >= 4 is 10.9 Å². The van der Waals surface area contributed by atoms with Gasteiger partial charge in [-0.1, -0.05) is 19.1 Å². The summed E-state index contributed by atoms with van der Waals surface area (Å²) in [4.78, 5) is 19.0. The number of rotatable bonds is 11. The number of benzene rings is 2. The number of aromatic amines is 1. The Kier molecular flexibility index (Phi) is 7.70. The van der Waals surface area contributed by atoms with E-state index in [9.17, 15) is 4.79 Å². The van der Waals surface area contributed by atoms with E-state index in [2.05, 4.69) is 46.2 Å². The molecule has 2 aromatic carbocycles. The molecule has 1 atom stereocenters. The van der Waals surface area contributed by atoms with E-state index in [1.54, 1.807) is 20.5 Å². The number of fused-ring (bicyclic) bond motifs is 1. The number of hydrogen-bond acceptors (Lipinski definition) is 8. The van der Waals surface area contributed by atoms with Gasteiger partial charge in [-0.05, 0) is 84.8 Å². The molecule has 3 aromatic heterocycles. The topological polar surface area (TPSA) is 111 Å². The van der Waals surface area contributed by atoms with Gasteiger partial charge in [0.2, 0.25) is 0 Å². The predicted octanol–water partition coefficient (Wildman–Crippen LogP) is 5.06. The van der Waals surface area contributed by atoms with Crippen LogP contribution >= 0.6 is 0 Å². The lowest BCUT2D eigenvalue weighted by molar-refractivity contribution is 0.168. The molecule has 40 heavy (non-hydrogen) atoms. The fraction of sp³-hybridized carbons (Fsp3) is 0.333. The number of methoxy groups -OCH3 is 2. The zero-order valence-electron chi connectivity index (χ0n) is 23.4. The number of nitrogens with one attached hydrogen (secondary N) is 1. The highest BCUT2D eigenvalue weighted by molar-refractivity contribution is 5.80. The number of tetrazole rings is 1. The van der Waals surface area contributed by atoms with Crippen molar-refractivity contribution < 1.29 is 13.9 Å². The highest BCUT2D eigenvalue weighted by atomic mass is 16.5. The summed E-state index contributed by atoms with van der Waals surface area (Å²) in [7, 11) is 3.27. The molecule has 0 fully saturated rings. The summed E-state index contributed by atoms with van der Waals surface area (Å²) in [6.45, 7) is 7.16. The lowest BCUT2D eigenvalue weighted by atomic mass is 9.98. The van der Waals surface area contributed by atoms with Crippen molar-refractivity contribution in [3.8, 4) is 11.5 Å². The quantitative estimate of drug-likeness (QED) is 0.247. The number of hydrogen-bond donors (Lipinski definition) is 1. The van der Waals surface area contributed by atoms with Gasteiger partial charge in [0.1, 0.15) is 23.3 Å². The summed E-state index contributed by atoms with van der Waals surface area (Å²) < 4.78 is 18.4. The maximum Gasteiger partial charge on any atom is 0.253 e. The molecule has 0 saturated heterocycles.